The normalized spacial score (nSPS) is 11.6. The molecule has 0 aliphatic rings. The minimum atomic E-state index is -3.99. The number of aromatic nitrogens is 2. The van der Waals surface area contributed by atoms with Crippen LogP contribution in [0, 0.1) is 0 Å². The van der Waals surface area contributed by atoms with Crippen molar-refractivity contribution in [1.29, 1.82) is 0 Å². The molecular weight excluding hydrogens is 534 g/mol. The number of methoxy groups -OCH3 is 1. The zero-order valence-corrected chi connectivity index (χ0v) is 23.5. The minimum absolute atomic E-state index is 0.0388. The van der Waals surface area contributed by atoms with E-state index in [-0.39, 0.29) is 47.4 Å². The summed E-state index contributed by atoms with van der Waals surface area (Å²) in [7, 11) is -2.44. The Kier molecular flexibility index (Phi) is 8.73. The number of hydrogen-bond donors (Lipinski definition) is 1. The van der Waals surface area contributed by atoms with E-state index in [1.807, 2.05) is 18.2 Å². The summed E-state index contributed by atoms with van der Waals surface area (Å²) in [6.07, 6.45) is 2.78. The predicted octanol–water partition coefficient (Wildman–Crippen LogP) is 5.00. The molecule has 40 heavy (non-hydrogen) atoms. The van der Waals surface area contributed by atoms with Crippen LogP contribution in [0.1, 0.15) is 48.0 Å². The molecule has 0 spiro atoms. The van der Waals surface area contributed by atoms with Crippen molar-refractivity contribution in [3.63, 3.8) is 0 Å². The number of sulfonamides is 1. The topological polar surface area (TPSA) is 130 Å². The Balaban J connectivity index is 1.59. The first-order valence-corrected chi connectivity index (χ1v) is 14.0. The maximum Gasteiger partial charge on any atom is 0.374 e. The van der Waals surface area contributed by atoms with E-state index in [1.165, 1.54) is 18.7 Å². The van der Waals surface area contributed by atoms with Crippen molar-refractivity contribution in [3.8, 4) is 11.6 Å². The van der Waals surface area contributed by atoms with E-state index in [1.54, 1.807) is 43.5 Å². The van der Waals surface area contributed by atoms with E-state index in [0.29, 0.717) is 11.3 Å². The number of nitrogens with one attached hydrogen (secondary N) is 1. The summed E-state index contributed by atoms with van der Waals surface area (Å²) < 4.78 is 50.8. The lowest BCUT2D eigenvalue weighted by molar-refractivity contribution is 0.0412. The Labute approximate surface area is 233 Å². The molecule has 210 valence electrons. The summed E-state index contributed by atoms with van der Waals surface area (Å²) in [5.41, 5.74) is 2.04. The quantitative estimate of drug-likeness (QED) is 0.197. The Morgan fingerprint density at radius 2 is 1.73 bits per heavy atom. The first kappa shape index (κ1) is 28.6. The number of benzene rings is 2. The van der Waals surface area contributed by atoms with Crippen LogP contribution in [0.3, 0.4) is 0 Å². The van der Waals surface area contributed by atoms with Gasteiger partial charge in [0.25, 0.3) is 10.0 Å². The summed E-state index contributed by atoms with van der Waals surface area (Å²) in [5, 5.41) is 0. The van der Waals surface area contributed by atoms with Crippen molar-refractivity contribution in [2.24, 2.45) is 0 Å². The van der Waals surface area contributed by atoms with E-state index in [9.17, 15) is 13.2 Å². The molecule has 0 unspecified atom stereocenters. The van der Waals surface area contributed by atoms with Gasteiger partial charge in [-0.2, -0.15) is 0 Å². The van der Waals surface area contributed by atoms with Crippen LogP contribution in [0.15, 0.2) is 82.6 Å². The summed E-state index contributed by atoms with van der Waals surface area (Å²) in [5.74, 6) is 0.248. The molecule has 4 rings (SSSR count). The van der Waals surface area contributed by atoms with Gasteiger partial charge in [-0.3, -0.25) is 4.72 Å². The Morgan fingerprint density at radius 1 is 0.975 bits per heavy atom. The standard InChI is InChI=1S/C29H31N3O7S/c1-29(2,3)21-11-13-22(14-12-21)40(34,35)32-26-23(18-20-8-5-6-9-24(20)36-4)27(31-19-30-26)38-16-17-39-28(33)25-10-7-15-37-25/h5-15,19H,16-18H2,1-4H3,(H,30,31,32). The molecule has 4 aromatic rings. The number of esters is 1. The fourth-order valence-corrected chi connectivity index (χ4v) is 4.91. The molecule has 0 aliphatic carbocycles. The SMILES string of the molecule is COc1ccccc1Cc1c(NS(=O)(=O)c2ccc(C(C)(C)C)cc2)ncnc1OCCOC(=O)c1ccco1. The molecule has 1 N–H and O–H groups in total. The van der Waals surface area contributed by atoms with E-state index in [4.69, 9.17) is 18.6 Å². The van der Waals surface area contributed by atoms with Gasteiger partial charge in [0, 0.05) is 6.42 Å². The minimum Gasteiger partial charge on any atom is -0.496 e. The molecule has 2 aromatic carbocycles. The molecular formula is C29H31N3O7S. The van der Waals surface area contributed by atoms with Crippen molar-refractivity contribution < 1.29 is 31.8 Å². The van der Waals surface area contributed by atoms with Crippen LogP contribution in [0.5, 0.6) is 11.6 Å². The lowest BCUT2D eigenvalue weighted by Gasteiger charge is -2.19. The van der Waals surface area contributed by atoms with Crippen LogP contribution in [-0.4, -0.2) is 44.7 Å². The summed E-state index contributed by atoms with van der Waals surface area (Å²) in [6.45, 7) is 6.04. The second kappa shape index (κ2) is 12.2. The number of rotatable bonds is 11. The van der Waals surface area contributed by atoms with Crippen LogP contribution >= 0.6 is 0 Å². The first-order chi connectivity index (χ1) is 19.1. The molecule has 2 heterocycles. The van der Waals surface area contributed by atoms with Gasteiger partial charge in [-0.05, 0) is 46.9 Å². The van der Waals surface area contributed by atoms with Gasteiger partial charge in [0.2, 0.25) is 11.6 Å². The number of anilines is 1. The monoisotopic (exact) mass is 565 g/mol. The molecule has 0 fully saturated rings. The third-order valence-corrected chi connectivity index (χ3v) is 7.36. The van der Waals surface area contributed by atoms with Crippen molar-refractivity contribution in [2.75, 3.05) is 25.0 Å². The molecule has 11 heteroatoms. The zero-order valence-electron chi connectivity index (χ0n) is 22.7. The highest BCUT2D eigenvalue weighted by molar-refractivity contribution is 7.92. The molecule has 0 radical (unpaired) electrons. The van der Waals surface area contributed by atoms with Crippen molar-refractivity contribution in [3.05, 3.63) is 95.7 Å². The second-order valence-electron chi connectivity index (χ2n) is 9.84. The maximum absolute atomic E-state index is 13.3. The highest BCUT2D eigenvalue weighted by Gasteiger charge is 2.23. The Morgan fingerprint density at radius 3 is 2.40 bits per heavy atom. The average Bonchev–Trinajstić information content (AvgIpc) is 3.47. The van der Waals surface area contributed by atoms with Gasteiger partial charge >= 0.3 is 5.97 Å². The third-order valence-electron chi connectivity index (χ3n) is 6.00. The lowest BCUT2D eigenvalue weighted by atomic mass is 9.87. The summed E-state index contributed by atoms with van der Waals surface area (Å²) >= 11 is 0. The second-order valence-corrected chi connectivity index (χ2v) is 11.5. The van der Waals surface area contributed by atoms with E-state index in [2.05, 4.69) is 35.5 Å². The Bertz CT molecular complexity index is 1550. The van der Waals surface area contributed by atoms with E-state index >= 15 is 0 Å². The lowest BCUT2D eigenvalue weighted by Crippen LogP contribution is -2.18. The van der Waals surface area contributed by atoms with Crippen molar-refractivity contribution in [2.45, 2.75) is 37.5 Å². The van der Waals surface area contributed by atoms with E-state index < -0.39 is 16.0 Å². The molecule has 0 aliphatic heterocycles. The number of para-hydroxylation sites is 1. The zero-order chi connectivity index (χ0) is 28.8. The van der Waals surface area contributed by atoms with E-state index in [0.717, 1.165) is 11.1 Å². The third kappa shape index (κ3) is 6.97. The molecule has 0 bridgehead atoms. The summed E-state index contributed by atoms with van der Waals surface area (Å²) in [6, 6.07) is 17.1. The van der Waals surface area contributed by atoms with Crippen LogP contribution in [0.25, 0.3) is 0 Å². The fraction of sp³-hybridized carbons (Fsp3) is 0.276. The predicted molar refractivity (Wildman–Crippen MR) is 148 cm³/mol. The van der Waals surface area contributed by atoms with Gasteiger partial charge in [0.05, 0.1) is 23.8 Å². The summed E-state index contributed by atoms with van der Waals surface area (Å²) in [4.78, 5) is 20.6. The smallest absolute Gasteiger partial charge is 0.374 e. The fourth-order valence-electron chi connectivity index (χ4n) is 3.87. The molecule has 10 nitrogen and oxygen atoms in total. The highest BCUT2D eigenvalue weighted by atomic mass is 32.2. The first-order valence-electron chi connectivity index (χ1n) is 12.5. The molecule has 0 saturated carbocycles. The van der Waals surface area contributed by atoms with Gasteiger partial charge in [-0.25, -0.2) is 23.2 Å². The van der Waals surface area contributed by atoms with Crippen LogP contribution in [0.2, 0.25) is 0 Å². The number of ether oxygens (including phenoxy) is 3. The highest BCUT2D eigenvalue weighted by Crippen LogP contribution is 2.31. The average molecular weight is 566 g/mol. The van der Waals surface area contributed by atoms with Crippen molar-refractivity contribution in [1.82, 2.24) is 9.97 Å². The van der Waals surface area contributed by atoms with Gasteiger partial charge < -0.3 is 18.6 Å². The van der Waals surface area contributed by atoms with Gasteiger partial charge in [0.1, 0.15) is 25.3 Å². The van der Waals surface area contributed by atoms with Gasteiger partial charge in [0.15, 0.2) is 5.82 Å². The molecule has 2 aromatic heterocycles. The Hall–Kier alpha value is -4.38. The number of hydrogen-bond acceptors (Lipinski definition) is 9. The molecule has 0 atom stereocenters. The van der Waals surface area contributed by atoms with Gasteiger partial charge in [-0.15, -0.1) is 0 Å². The van der Waals surface area contributed by atoms with Crippen LogP contribution < -0.4 is 14.2 Å². The largest absolute Gasteiger partial charge is 0.496 e. The molecule has 0 saturated heterocycles. The van der Waals surface area contributed by atoms with Crippen LogP contribution in [-0.2, 0) is 26.6 Å². The number of nitrogens with zero attached hydrogens (tertiary/aromatic N) is 2. The number of carbonyl (C=O) groups is 1. The number of carbonyl (C=O) groups excluding carboxylic acids is 1. The maximum atomic E-state index is 13.3. The van der Waals surface area contributed by atoms with Gasteiger partial charge in [-0.1, -0.05) is 51.1 Å². The number of furan rings is 1. The molecule has 0 amide bonds. The van der Waals surface area contributed by atoms with Crippen molar-refractivity contribution >= 4 is 21.8 Å². The van der Waals surface area contributed by atoms with Crippen LogP contribution in [0.4, 0.5) is 5.82 Å².